The number of hydrogen-bond acceptors (Lipinski definition) is 2. The molecule has 5 aromatic rings. The monoisotopic (exact) mass is 532 g/mol. The summed E-state index contributed by atoms with van der Waals surface area (Å²) in [6.45, 7) is 0.942. The molecule has 1 atom stereocenters. The van der Waals surface area contributed by atoms with E-state index in [1.807, 2.05) is 48.5 Å². The maximum absolute atomic E-state index is 13.6. The number of hydrogen-bond donors (Lipinski definition) is 2. The highest BCUT2D eigenvalue weighted by molar-refractivity contribution is 5.86. The van der Waals surface area contributed by atoms with Crippen LogP contribution in [0.4, 0.5) is 13.2 Å². The fourth-order valence-electron chi connectivity index (χ4n) is 5.84. The van der Waals surface area contributed by atoms with Crippen LogP contribution in [-0.2, 0) is 11.0 Å². The highest BCUT2D eigenvalue weighted by Gasteiger charge is 2.33. The Labute approximate surface area is 222 Å². The van der Waals surface area contributed by atoms with Crippen molar-refractivity contribution in [1.82, 2.24) is 19.4 Å². The number of alkyl halides is 3. The molecule has 0 saturated carbocycles. The smallest absolute Gasteiger partial charge is 0.361 e. The van der Waals surface area contributed by atoms with Gasteiger partial charge in [0.05, 0.1) is 16.6 Å². The van der Waals surface area contributed by atoms with Crippen LogP contribution in [0.2, 0.25) is 0 Å². The quantitative estimate of drug-likeness (QED) is 0.282. The second-order valence-electron chi connectivity index (χ2n) is 10.1. The van der Waals surface area contributed by atoms with Crippen molar-refractivity contribution >= 4 is 27.8 Å². The fraction of sp³-hybridized carbons (Fsp3) is 0.267. The summed E-state index contributed by atoms with van der Waals surface area (Å²) in [5.74, 6) is -0.669. The standard InChI is InChI=1S/C30H27F3N4O2/c31-30(32,33)20-7-5-6-19(16-20)23(24-18-34-25-9-2-1-8-22(24)25)17-28(38)36-14-12-21(13-15-36)37-27-11-4-3-10-26(27)35-29(37)39/h1-11,16,18,21,23,34H,12-15,17H2,(H,35,39). The van der Waals surface area contributed by atoms with E-state index in [4.69, 9.17) is 0 Å². The molecule has 2 N–H and O–H groups in total. The number of aromatic nitrogens is 3. The number of aromatic amines is 2. The van der Waals surface area contributed by atoms with Gasteiger partial charge in [-0.05, 0) is 48.2 Å². The molecular formula is C30H27F3N4O2. The van der Waals surface area contributed by atoms with E-state index in [-0.39, 0.29) is 24.1 Å². The Hall–Kier alpha value is -4.27. The van der Waals surface area contributed by atoms with Gasteiger partial charge in [-0.3, -0.25) is 9.36 Å². The first kappa shape index (κ1) is 25.0. The van der Waals surface area contributed by atoms with Gasteiger partial charge in [0.15, 0.2) is 0 Å². The first-order valence-electron chi connectivity index (χ1n) is 13.0. The topological polar surface area (TPSA) is 73.9 Å². The molecule has 3 heterocycles. The lowest BCUT2D eigenvalue weighted by Gasteiger charge is -2.33. The predicted octanol–water partition coefficient (Wildman–Crippen LogP) is 6.22. The molecule has 6 nitrogen and oxygen atoms in total. The summed E-state index contributed by atoms with van der Waals surface area (Å²) in [6, 6.07) is 20.3. The lowest BCUT2D eigenvalue weighted by molar-refractivity contribution is -0.137. The third-order valence-electron chi connectivity index (χ3n) is 7.80. The average molecular weight is 533 g/mol. The van der Waals surface area contributed by atoms with Crippen molar-refractivity contribution < 1.29 is 18.0 Å². The maximum Gasteiger partial charge on any atom is 0.416 e. The zero-order chi connectivity index (χ0) is 27.1. The summed E-state index contributed by atoms with van der Waals surface area (Å²) in [7, 11) is 0. The summed E-state index contributed by atoms with van der Waals surface area (Å²) >= 11 is 0. The zero-order valence-corrected chi connectivity index (χ0v) is 21.0. The van der Waals surface area contributed by atoms with Crippen molar-refractivity contribution in [2.45, 2.75) is 37.4 Å². The molecule has 39 heavy (non-hydrogen) atoms. The third-order valence-corrected chi connectivity index (χ3v) is 7.80. The van der Waals surface area contributed by atoms with Crippen LogP contribution in [0.25, 0.3) is 21.9 Å². The zero-order valence-electron chi connectivity index (χ0n) is 21.0. The van der Waals surface area contributed by atoms with Crippen LogP contribution in [0.5, 0.6) is 0 Å². The Balaban J connectivity index is 1.26. The number of likely N-dealkylation sites (tertiary alicyclic amines) is 1. The van der Waals surface area contributed by atoms with Crippen LogP contribution in [0.3, 0.4) is 0 Å². The Morgan fingerprint density at radius 1 is 0.949 bits per heavy atom. The number of H-pyrrole nitrogens is 2. The van der Waals surface area contributed by atoms with Crippen LogP contribution < -0.4 is 5.69 Å². The molecular weight excluding hydrogens is 505 g/mol. The summed E-state index contributed by atoms with van der Waals surface area (Å²) in [5, 5.41) is 0.880. The fourth-order valence-corrected chi connectivity index (χ4v) is 5.84. The number of fused-ring (bicyclic) bond motifs is 2. The van der Waals surface area contributed by atoms with Crippen LogP contribution in [-0.4, -0.2) is 38.4 Å². The molecule has 1 aliphatic heterocycles. The predicted molar refractivity (Wildman–Crippen MR) is 144 cm³/mol. The van der Waals surface area contributed by atoms with Crippen molar-refractivity contribution in [2.24, 2.45) is 0 Å². The molecule has 0 spiro atoms. The largest absolute Gasteiger partial charge is 0.416 e. The van der Waals surface area contributed by atoms with Gasteiger partial charge in [-0.2, -0.15) is 13.2 Å². The van der Waals surface area contributed by atoms with Crippen LogP contribution in [0, 0.1) is 0 Å². The number of benzene rings is 3. The number of imidazole rings is 1. The van der Waals surface area contributed by atoms with E-state index >= 15 is 0 Å². The van der Waals surface area contributed by atoms with Gasteiger partial charge >= 0.3 is 11.9 Å². The van der Waals surface area contributed by atoms with E-state index in [0.717, 1.165) is 39.6 Å². The normalized spacial score (nSPS) is 15.7. The summed E-state index contributed by atoms with van der Waals surface area (Å²) in [4.78, 5) is 34.1. The lowest BCUT2D eigenvalue weighted by Crippen LogP contribution is -2.41. The SMILES string of the molecule is O=C(CC(c1cccc(C(F)(F)F)c1)c1c[nH]c2ccccc12)N1CCC(n2c(=O)[nH]c3ccccc32)CC1. The highest BCUT2D eigenvalue weighted by Crippen LogP contribution is 2.37. The van der Waals surface area contributed by atoms with Crippen molar-refractivity contribution in [3.8, 4) is 0 Å². The van der Waals surface area contributed by atoms with E-state index in [1.54, 1.807) is 21.7 Å². The van der Waals surface area contributed by atoms with Crippen molar-refractivity contribution in [3.63, 3.8) is 0 Å². The summed E-state index contributed by atoms with van der Waals surface area (Å²) in [6.07, 6.45) is -1.41. The second-order valence-corrected chi connectivity index (χ2v) is 10.1. The van der Waals surface area contributed by atoms with Gasteiger partial charge in [0.25, 0.3) is 0 Å². The molecule has 200 valence electrons. The molecule has 1 saturated heterocycles. The highest BCUT2D eigenvalue weighted by atomic mass is 19.4. The summed E-state index contributed by atoms with van der Waals surface area (Å²) < 4.78 is 42.4. The van der Waals surface area contributed by atoms with Gasteiger partial charge in [-0.15, -0.1) is 0 Å². The number of nitrogens with zero attached hydrogens (tertiary/aromatic N) is 2. The molecule has 9 heteroatoms. The van der Waals surface area contributed by atoms with E-state index in [9.17, 15) is 22.8 Å². The summed E-state index contributed by atoms with van der Waals surface area (Å²) in [5.41, 5.74) is 2.83. The number of para-hydroxylation sites is 3. The van der Waals surface area contributed by atoms with E-state index < -0.39 is 17.7 Å². The Kier molecular flexibility index (Phi) is 6.29. The molecule has 1 aliphatic rings. The van der Waals surface area contributed by atoms with Crippen LogP contribution in [0.1, 0.15) is 47.9 Å². The number of piperidine rings is 1. The van der Waals surface area contributed by atoms with Crippen LogP contribution in [0.15, 0.2) is 83.8 Å². The third kappa shape index (κ3) is 4.73. The minimum absolute atomic E-state index is 0.0365. The molecule has 6 rings (SSSR count). The molecule has 2 aromatic heterocycles. The Morgan fingerprint density at radius 3 is 2.44 bits per heavy atom. The van der Waals surface area contributed by atoms with Crippen molar-refractivity contribution in [3.05, 3.63) is 106 Å². The minimum atomic E-state index is -4.48. The van der Waals surface area contributed by atoms with Gasteiger partial charge in [-0.1, -0.05) is 48.5 Å². The second kappa shape index (κ2) is 9.80. The molecule has 0 radical (unpaired) electrons. The average Bonchev–Trinajstić information content (AvgIpc) is 3.51. The first-order chi connectivity index (χ1) is 18.8. The van der Waals surface area contributed by atoms with E-state index in [2.05, 4.69) is 9.97 Å². The van der Waals surface area contributed by atoms with Gasteiger partial charge < -0.3 is 14.9 Å². The molecule has 1 unspecified atom stereocenters. The lowest BCUT2D eigenvalue weighted by atomic mass is 9.86. The number of amides is 1. The number of carbonyl (C=O) groups is 1. The Morgan fingerprint density at radius 2 is 1.67 bits per heavy atom. The van der Waals surface area contributed by atoms with Gasteiger partial charge in [-0.25, -0.2) is 4.79 Å². The minimum Gasteiger partial charge on any atom is -0.361 e. The van der Waals surface area contributed by atoms with Crippen LogP contribution >= 0.6 is 0 Å². The van der Waals surface area contributed by atoms with Gasteiger partial charge in [0.2, 0.25) is 5.91 Å². The molecule has 1 fully saturated rings. The van der Waals surface area contributed by atoms with Crippen molar-refractivity contribution in [2.75, 3.05) is 13.1 Å². The van der Waals surface area contributed by atoms with E-state index in [1.165, 1.54) is 6.07 Å². The number of carbonyl (C=O) groups excluding carboxylic acids is 1. The van der Waals surface area contributed by atoms with Crippen molar-refractivity contribution in [1.29, 1.82) is 0 Å². The number of halogens is 3. The Bertz CT molecular complexity index is 1710. The molecule has 3 aromatic carbocycles. The number of nitrogens with one attached hydrogen (secondary N) is 2. The maximum atomic E-state index is 13.6. The first-order valence-corrected chi connectivity index (χ1v) is 13.0. The molecule has 1 amide bonds. The number of rotatable bonds is 5. The van der Waals surface area contributed by atoms with Gasteiger partial charge in [0, 0.05) is 48.6 Å². The van der Waals surface area contributed by atoms with Gasteiger partial charge in [0.1, 0.15) is 0 Å². The molecule has 0 bridgehead atoms. The van der Waals surface area contributed by atoms with E-state index in [0.29, 0.717) is 31.5 Å². The molecule has 0 aliphatic carbocycles.